The fourth-order valence-electron chi connectivity index (χ4n) is 5.66. The van der Waals surface area contributed by atoms with Crippen LogP contribution in [-0.4, -0.2) is 53.1 Å². The molecule has 0 spiro atoms. The molecule has 0 bridgehead atoms. The number of aliphatic hydroxyl groups is 2. The number of amides is 1. The topological polar surface area (TPSA) is 124 Å². The van der Waals surface area contributed by atoms with Crippen molar-refractivity contribution in [1.82, 2.24) is 5.32 Å². The molecule has 0 saturated heterocycles. The van der Waals surface area contributed by atoms with Crippen molar-refractivity contribution in [3.63, 3.8) is 0 Å². The van der Waals surface area contributed by atoms with Crippen molar-refractivity contribution in [2.45, 2.75) is 199 Å². The van der Waals surface area contributed by atoms with Gasteiger partial charge in [0.05, 0.1) is 17.9 Å². The summed E-state index contributed by atoms with van der Waals surface area (Å²) in [7, 11) is -4.45. The van der Waals surface area contributed by atoms with E-state index in [0.717, 1.165) is 44.9 Å². The molecular weight excluding hydrogens is 610 g/mol. The second kappa shape index (κ2) is 33.0. The molecule has 0 aliphatic rings. The summed E-state index contributed by atoms with van der Waals surface area (Å²) in [5.41, 5.74) is 0. The van der Waals surface area contributed by atoms with E-state index in [9.17, 15) is 28.0 Å². The molecule has 7 nitrogen and oxygen atoms in total. The molecule has 0 aromatic heterocycles. The van der Waals surface area contributed by atoms with Gasteiger partial charge in [0.15, 0.2) is 0 Å². The highest BCUT2D eigenvalue weighted by molar-refractivity contribution is 7.85. The number of carbonyl (C=O) groups is 1. The van der Waals surface area contributed by atoms with Crippen LogP contribution in [0.5, 0.6) is 0 Å². The Morgan fingerprint density at radius 1 is 0.574 bits per heavy atom. The number of nitrogens with one attached hydrogen (secondary N) is 1. The SMILES string of the molecule is CCCCCCCCCCCC/C=C/CC/C=C/CC/C=C/C(O)C(CS(=O)(=O)O)NC(=O)C(O)CCCCCCCCCCCC. The van der Waals surface area contributed by atoms with Gasteiger partial charge in [-0.3, -0.25) is 9.35 Å². The van der Waals surface area contributed by atoms with Gasteiger partial charge < -0.3 is 15.5 Å². The number of carbonyl (C=O) groups excluding carboxylic acids is 1. The van der Waals surface area contributed by atoms with Gasteiger partial charge in [0.2, 0.25) is 5.91 Å². The van der Waals surface area contributed by atoms with Crippen molar-refractivity contribution in [2.24, 2.45) is 0 Å². The highest BCUT2D eigenvalue weighted by Gasteiger charge is 2.27. The first-order valence-electron chi connectivity index (χ1n) is 19.3. The van der Waals surface area contributed by atoms with Gasteiger partial charge in [-0.25, -0.2) is 0 Å². The average Bonchev–Trinajstić information content (AvgIpc) is 3.03. The second-order valence-electron chi connectivity index (χ2n) is 13.3. The van der Waals surface area contributed by atoms with Crippen LogP contribution in [0.25, 0.3) is 0 Å². The van der Waals surface area contributed by atoms with Gasteiger partial charge in [-0.2, -0.15) is 8.42 Å². The van der Waals surface area contributed by atoms with Gasteiger partial charge in [-0.05, 0) is 44.9 Å². The van der Waals surface area contributed by atoms with Crippen LogP contribution < -0.4 is 5.32 Å². The standard InChI is InChI=1S/C39H73NO6S/c1-3-5-7-9-11-13-15-16-17-18-19-20-21-22-23-24-26-27-29-31-33-37(41)36(35-47(44,45)46)40-39(43)38(42)34-32-30-28-25-14-12-10-8-6-4-2/h20-21,24,26,31,33,36-38,41-42H,3-19,22-23,25,27-30,32,34-35H2,1-2H3,(H,40,43)(H,44,45,46)/b21-20+,26-24+,33-31+. The van der Waals surface area contributed by atoms with E-state index in [1.54, 1.807) is 6.08 Å². The number of aliphatic hydroxyl groups excluding tert-OH is 2. The van der Waals surface area contributed by atoms with Crippen LogP contribution >= 0.6 is 0 Å². The fraction of sp³-hybridized carbons (Fsp3) is 0.821. The van der Waals surface area contributed by atoms with Crippen molar-refractivity contribution in [1.29, 1.82) is 0 Å². The molecule has 0 aliphatic carbocycles. The highest BCUT2D eigenvalue weighted by Crippen LogP contribution is 2.14. The normalized spacial score (nSPS) is 14.4. The Labute approximate surface area is 289 Å². The summed E-state index contributed by atoms with van der Waals surface area (Å²) in [6.45, 7) is 4.47. The van der Waals surface area contributed by atoms with Crippen molar-refractivity contribution in [3.8, 4) is 0 Å². The van der Waals surface area contributed by atoms with Crippen LogP contribution in [0.3, 0.4) is 0 Å². The van der Waals surface area contributed by atoms with Gasteiger partial charge in [0.1, 0.15) is 6.10 Å². The molecule has 47 heavy (non-hydrogen) atoms. The molecule has 0 fully saturated rings. The molecule has 0 aromatic rings. The highest BCUT2D eigenvalue weighted by atomic mass is 32.2. The van der Waals surface area contributed by atoms with Gasteiger partial charge in [-0.15, -0.1) is 0 Å². The molecule has 0 heterocycles. The molecule has 0 aliphatic heterocycles. The van der Waals surface area contributed by atoms with Crippen LogP contribution in [0.15, 0.2) is 36.5 Å². The number of rotatable bonds is 34. The van der Waals surface area contributed by atoms with Gasteiger partial charge >= 0.3 is 0 Å². The summed E-state index contributed by atoms with van der Waals surface area (Å²) in [6.07, 6.45) is 39.2. The zero-order valence-electron chi connectivity index (χ0n) is 30.3. The van der Waals surface area contributed by atoms with Crippen LogP contribution in [0.2, 0.25) is 0 Å². The molecule has 4 N–H and O–H groups in total. The quantitative estimate of drug-likeness (QED) is 0.0304. The maximum absolute atomic E-state index is 12.5. The van der Waals surface area contributed by atoms with E-state index in [1.807, 2.05) is 0 Å². The van der Waals surface area contributed by atoms with Gasteiger partial charge in [0, 0.05) is 0 Å². The van der Waals surface area contributed by atoms with E-state index in [1.165, 1.54) is 109 Å². The lowest BCUT2D eigenvalue weighted by Crippen LogP contribution is -2.50. The Kier molecular flexibility index (Phi) is 32.0. The Hall–Kier alpha value is -1.48. The third-order valence-corrected chi connectivity index (χ3v) is 9.44. The van der Waals surface area contributed by atoms with Crippen LogP contribution in [-0.2, 0) is 14.9 Å². The lowest BCUT2D eigenvalue weighted by molar-refractivity contribution is -0.130. The number of hydrogen-bond donors (Lipinski definition) is 4. The third-order valence-electron chi connectivity index (χ3n) is 8.65. The Morgan fingerprint density at radius 3 is 1.40 bits per heavy atom. The number of allylic oxidation sites excluding steroid dienone is 5. The Balaban J connectivity index is 4.14. The van der Waals surface area contributed by atoms with E-state index < -0.39 is 40.0 Å². The first-order valence-corrected chi connectivity index (χ1v) is 20.9. The molecule has 0 rings (SSSR count). The summed E-state index contributed by atoms with van der Waals surface area (Å²) in [4.78, 5) is 12.5. The molecule has 0 aromatic carbocycles. The maximum atomic E-state index is 12.5. The Morgan fingerprint density at radius 2 is 0.957 bits per heavy atom. The maximum Gasteiger partial charge on any atom is 0.267 e. The van der Waals surface area contributed by atoms with Crippen molar-refractivity contribution >= 4 is 16.0 Å². The second-order valence-corrected chi connectivity index (χ2v) is 14.8. The first kappa shape index (κ1) is 45.5. The summed E-state index contributed by atoms with van der Waals surface area (Å²) in [6, 6.07) is -1.25. The molecule has 3 unspecified atom stereocenters. The monoisotopic (exact) mass is 684 g/mol. The minimum atomic E-state index is -4.45. The summed E-state index contributed by atoms with van der Waals surface area (Å²) in [5, 5.41) is 23.2. The van der Waals surface area contributed by atoms with E-state index in [-0.39, 0.29) is 6.42 Å². The average molecular weight is 684 g/mol. The van der Waals surface area contributed by atoms with Crippen LogP contribution in [0, 0.1) is 0 Å². The van der Waals surface area contributed by atoms with Crippen molar-refractivity contribution < 1.29 is 28.0 Å². The molecule has 276 valence electrons. The lowest BCUT2D eigenvalue weighted by Gasteiger charge is -2.22. The van der Waals surface area contributed by atoms with Gasteiger partial charge in [-0.1, -0.05) is 172 Å². The number of hydrogen-bond acceptors (Lipinski definition) is 5. The third kappa shape index (κ3) is 32.8. The molecule has 3 atom stereocenters. The molecule has 0 saturated carbocycles. The smallest absolute Gasteiger partial charge is 0.267 e. The molecular formula is C39H73NO6S. The molecule has 1 amide bonds. The lowest BCUT2D eigenvalue weighted by atomic mass is 10.0. The molecule has 0 radical (unpaired) electrons. The fourth-order valence-corrected chi connectivity index (χ4v) is 6.40. The van der Waals surface area contributed by atoms with Gasteiger partial charge in [0.25, 0.3) is 10.1 Å². The minimum Gasteiger partial charge on any atom is -0.387 e. The van der Waals surface area contributed by atoms with Crippen LogP contribution in [0.1, 0.15) is 181 Å². The molecule has 8 heteroatoms. The van der Waals surface area contributed by atoms with E-state index in [4.69, 9.17) is 0 Å². The predicted molar refractivity (Wildman–Crippen MR) is 199 cm³/mol. The van der Waals surface area contributed by atoms with E-state index >= 15 is 0 Å². The predicted octanol–water partition coefficient (Wildman–Crippen LogP) is 9.93. The van der Waals surface area contributed by atoms with Crippen molar-refractivity contribution in [2.75, 3.05) is 5.75 Å². The Bertz CT molecular complexity index is 901. The number of unbranched alkanes of at least 4 members (excludes halogenated alkanes) is 21. The summed E-state index contributed by atoms with van der Waals surface area (Å²) < 4.78 is 32.4. The van der Waals surface area contributed by atoms with Crippen molar-refractivity contribution in [3.05, 3.63) is 36.5 Å². The zero-order chi connectivity index (χ0) is 34.9. The minimum absolute atomic E-state index is 0.272. The summed E-state index contributed by atoms with van der Waals surface area (Å²) >= 11 is 0. The van der Waals surface area contributed by atoms with E-state index in [2.05, 4.69) is 43.5 Å². The van der Waals surface area contributed by atoms with Crippen LogP contribution in [0.4, 0.5) is 0 Å². The summed E-state index contributed by atoms with van der Waals surface area (Å²) in [5.74, 6) is -1.57. The van der Waals surface area contributed by atoms with E-state index in [0.29, 0.717) is 12.8 Å². The largest absolute Gasteiger partial charge is 0.387 e. The first-order chi connectivity index (χ1) is 22.7. The zero-order valence-corrected chi connectivity index (χ0v) is 31.1.